The van der Waals surface area contributed by atoms with Crippen molar-refractivity contribution in [3.8, 4) is 0 Å². The summed E-state index contributed by atoms with van der Waals surface area (Å²) in [7, 11) is 0. The van der Waals surface area contributed by atoms with E-state index in [4.69, 9.17) is 0 Å². The Bertz CT molecular complexity index is 827. The highest BCUT2D eigenvalue weighted by molar-refractivity contribution is 5.76. The zero-order valence-electron chi connectivity index (χ0n) is 32.4. The summed E-state index contributed by atoms with van der Waals surface area (Å²) in [6.07, 6.45) is 56.0. The molecule has 0 aromatic carbocycles. The number of aliphatic hydroxyl groups is 2. The van der Waals surface area contributed by atoms with Crippen LogP contribution in [0.5, 0.6) is 0 Å². The third-order valence-electron chi connectivity index (χ3n) is 9.26. The number of carbonyl (C=O) groups is 1. The van der Waals surface area contributed by atoms with Crippen LogP contribution in [0.2, 0.25) is 0 Å². The van der Waals surface area contributed by atoms with E-state index in [2.05, 4.69) is 67.8 Å². The molecular weight excluding hydrogens is 602 g/mol. The topological polar surface area (TPSA) is 69.6 Å². The van der Waals surface area contributed by atoms with Gasteiger partial charge in [0.2, 0.25) is 5.91 Å². The Morgan fingerprint density at radius 3 is 1.35 bits per heavy atom. The van der Waals surface area contributed by atoms with E-state index in [-0.39, 0.29) is 12.5 Å². The lowest BCUT2D eigenvalue weighted by molar-refractivity contribution is -0.123. The first kappa shape index (κ1) is 47.1. The van der Waals surface area contributed by atoms with Crippen LogP contribution in [0.25, 0.3) is 0 Å². The summed E-state index contributed by atoms with van der Waals surface area (Å²) in [5.41, 5.74) is 0. The average molecular weight is 684 g/mol. The monoisotopic (exact) mass is 684 g/mol. The fourth-order valence-electron chi connectivity index (χ4n) is 6.05. The molecule has 3 N–H and O–H groups in total. The molecule has 0 spiro atoms. The Labute approximate surface area is 305 Å². The van der Waals surface area contributed by atoms with Crippen LogP contribution in [0.1, 0.15) is 200 Å². The van der Waals surface area contributed by atoms with Crippen molar-refractivity contribution < 1.29 is 15.0 Å². The van der Waals surface area contributed by atoms with E-state index in [1.54, 1.807) is 6.08 Å². The van der Waals surface area contributed by atoms with Gasteiger partial charge in [0.15, 0.2) is 0 Å². The summed E-state index contributed by atoms with van der Waals surface area (Å²) in [6, 6.07) is -0.628. The molecule has 1 amide bonds. The second-order valence-electron chi connectivity index (χ2n) is 14.0. The fourth-order valence-corrected chi connectivity index (χ4v) is 6.05. The molecule has 2 unspecified atom stereocenters. The van der Waals surface area contributed by atoms with Crippen LogP contribution in [-0.4, -0.2) is 34.9 Å². The summed E-state index contributed by atoms with van der Waals surface area (Å²) >= 11 is 0. The number of carbonyl (C=O) groups excluding carboxylic acids is 1. The SMILES string of the molecule is CC/C=C\C/C=C\C/C=C\C/C=C\CCCCCCCCCCC(=O)NC(CO)C(O)/C=C/CCCCCCCCCCCCCCCC. The van der Waals surface area contributed by atoms with E-state index in [0.29, 0.717) is 6.42 Å². The van der Waals surface area contributed by atoms with Gasteiger partial charge in [0.25, 0.3) is 0 Å². The van der Waals surface area contributed by atoms with E-state index in [0.717, 1.165) is 57.8 Å². The van der Waals surface area contributed by atoms with Crippen molar-refractivity contribution in [1.82, 2.24) is 5.32 Å². The Morgan fingerprint density at radius 2 is 0.898 bits per heavy atom. The number of hydrogen-bond acceptors (Lipinski definition) is 3. The third kappa shape index (κ3) is 37.2. The van der Waals surface area contributed by atoms with Crippen molar-refractivity contribution in [3.63, 3.8) is 0 Å². The van der Waals surface area contributed by atoms with Crippen molar-refractivity contribution in [2.75, 3.05) is 6.61 Å². The normalized spacial score (nSPS) is 13.6. The lowest BCUT2D eigenvalue weighted by Gasteiger charge is -2.20. The first-order chi connectivity index (χ1) is 24.2. The van der Waals surface area contributed by atoms with Gasteiger partial charge >= 0.3 is 0 Å². The van der Waals surface area contributed by atoms with Crippen LogP contribution in [0.15, 0.2) is 60.8 Å². The van der Waals surface area contributed by atoms with Gasteiger partial charge < -0.3 is 15.5 Å². The van der Waals surface area contributed by atoms with Gasteiger partial charge in [0.1, 0.15) is 0 Å². The molecule has 49 heavy (non-hydrogen) atoms. The van der Waals surface area contributed by atoms with Gasteiger partial charge in [-0.05, 0) is 57.8 Å². The van der Waals surface area contributed by atoms with Gasteiger partial charge in [-0.15, -0.1) is 0 Å². The summed E-state index contributed by atoms with van der Waals surface area (Å²) in [5.74, 6) is -0.0747. The Hall–Kier alpha value is -1.91. The standard InChI is InChI=1S/C45H81NO3/c1-3-5-7-9-11-13-15-17-19-21-22-23-24-25-27-29-31-33-35-37-39-41-45(49)46-43(42-47)44(48)40-38-36-34-32-30-28-26-20-18-16-14-12-10-8-6-4-2/h5,7,11,13,17,19,22-23,38,40,43-44,47-48H,3-4,6,8-10,12,14-16,18,20-21,24-37,39,41-42H2,1-2H3,(H,46,49)/b7-5-,13-11-,19-17-,23-22-,40-38+. The average Bonchev–Trinajstić information content (AvgIpc) is 3.10. The van der Waals surface area contributed by atoms with Gasteiger partial charge in [-0.1, -0.05) is 197 Å². The number of unbranched alkanes of at least 4 members (excludes halogenated alkanes) is 22. The molecule has 0 fully saturated rings. The van der Waals surface area contributed by atoms with Crippen molar-refractivity contribution >= 4 is 5.91 Å². The number of rotatable bonds is 37. The second kappa shape index (κ2) is 40.5. The summed E-state index contributed by atoms with van der Waals surface area (Å²) < 4.78 is 0. The van der Waals surface area contributed by atoms with Crippen LogP contribution in [0.4, 0.5) is 0 Å². The molecule has 4 heteroatoms. The molecule has 0 saturated heterocycles. The van der Waals surface area contributed by atoms with Crippen molar-refractivity contribution in [2.24, 2.45) is 0 Å². The van der Waals surface area contributed by atoms with Crippen molar-refractivity contribution in [3.05, 3.63) is 60.8 Å². The third-order valence-corrected chi connectivity index (χ3v) is 9.26. The van der Waals surface area contributed by atoms with Gasteiger partial charge in [0.05, 0.1) is 18.8 Å². The van der Waals surface area contributed by atoms with Crippen LogP contribution < -0.4 is 5.32 Å². The minimum atomic E-state index is -0.844. The quantitative estimate of drug-likeness (QED) is 0.0451. The maximum absolute atomic E-state index is 12.4. The van der Waals surface area contributed by atoms with Crippen molar-refractivity contribution in [2.45, 2.75) is 212 Å². The number of hydrogen-bond donors (Lipinski definition) is 3. The Morgan fingerprint density at radius 1 is 0.510 bits per heavy atom. The molecule has 0 aromatic rings. The number of aliphatic hydroxyl groups excluding tert-OH is 2. The molecule has 0 aliphatic carbocycles. The zero-order valence-corrected chi connectivity index (χ0v) is 32.4. The molecule has 4 nitrogen and oxygen atoms in total. The Kier molecular flexibility index (Phi) is 38.9. The largest absolute Gasteiger partial charge is 0.394 e. The predicted molar refractivity (Wildman–Crippen MR) is 216 cm³/mol. The van der Waals surface area contributed by atoms with Crippen LogP contribution in [0, 0.1) is 0 Å². The van der Waals surface area contributed by atoms with Crippen molar-refractivity contribution in [1.29, 1.82) is 0 Å². The van der Waals surface area contributed by atoms with Gasteiger partial charge in [-0.2, -0.15) is 0 Å². The van der Waals surface area contributed by atoms with E-state index in [1.165, 1.54) is 122 Å². The minimum absolute atomic E-state index is 0.0747. The smallest absolute Gasteiger partial charge is 0.220 e. The molecule has 2 atom stereocenters. The summed E-state index contributed by atoms with van der Waals surface area (Å²) in [4.78, 5) is 12.4. The number of allylic oxidation sites excluding steroid dienone is 9. The molecule has 0 aliphatic heterocycles. The predicted octanol–water partition coefficient (Wildman–Crippen LogP) is 13.0. The van der Waals surface area contributed by atoms with E-state index < -0.39 is 12.1 Å². The lowest BCUT2D eigenvalue weighted by atomic mass is 10.0. The molecule has 0 aromatic heterocycles. The Balaban J connectivity index is 3.62. The zero-order chi connectivity index (χ0) is 35.7. The summed E-state index contributed by atoms with van der Waals surface area (Å²) in [5, 5.41) is 23.0. The van der Waals surface area contributed by atoms with Gasteiger partial charge in [-0.25, -0.2) is 0 Å². The first-order valence-corrected chi connectivity index (χ1v) is 21.0. The van der Waals surface area contributed by atoms with Crippen LogP contribution >= 0.6 is 0 Å². The van der Waals surface area contributed by atoms with E-state index in [9.17, 15) is 15.0 Å². The molecule has 0 aliphatic rings. The highest BCUT2D eigenvalue weighted by Gasteiger charge is 2.17. The molecule has 0 saturated carbocycles. The van der Waals surface area contributed by atoms with Gasteiger partial charge in [-0.3, -0.25) is 4.79 Å². The number of nitrogens with one attached hydrogen (secondary N) is 1. The second-order valence-corrected chi connectivity index (χ2v) is 14.0. The van der Waals surface area contributed by atoms with E-state index >= 15 is 0 Å². The number of amides is 1. The molecule has 0 heterocycles. The molecule has 0 radical (unpaired) electrons. The molecule has 0 rings (SSSR count). The maximum atomic E-state index is 12.4. The minimum Gasteiger partial charge on any atom is -0.394 e. The van der Waals surface area contributed by atoms with Crippen LogP contribution in [-0.2, 0) is 4.79 Å². The maximum Gasteiger partial charge on any atom is 0.220 e. The highest BCUT2D eigenvalue weighted by atomic mass is 16.3. The fraction of sp³-hybridized carbons (Fsp3) is 0.756. The lowest BCUT2D eigenvalue weighted by Crippen LogP contribution is -2.45. The van der Waals surface area contributed by atoms with Crippen LogP contribution in [0.3, 0.4) is 0 Å². The highest BCUT2D eigenvalue weighted by Crippen LogP contribution is 2.14. The molecular formula is C45H81NO3. The summed E-state index contributed by atoms with van der Waals surface area (Å²) in [6.45, 7) is 4.19. The van der Waals surface area contributed by atoms with E-state index in [1.807, 2.05) is 6.08 Å². The van der Waals surface area contributed by atoms with Gasteiger partial charge in [0, 0.05) is 6.42 Å². The molecule has 0 bridgehead atoms. The first-order valence-electron chi connectivity index (χ1n) is 21.0. The molecule has 284 valence electrons.